The van der Waals surface area contributed by atoms with Gasteiger partial charge in [-0.25, -0.2) is 0 Å². The Morgan fingerprint density at radius 3 is 2.57 bits per heavy atom. The second-order valence-electron chi connectivity index (χ2n) is 5.99. The van der Waals surface area contributed by atoms with E-state index in [-0.39, 0.29) is 0 Å². The molecule has 0 amide bonds. The number of nitrogens with one attached hydrogen (secondary N) is 1. The molecule has 1 aromatic carbocycles. The van der Waals surface area contributed by atoms with Crippen molar-refractivity contribution >= 4 is 21.6 Å². The number of hydrogen-bond acceptors (Lipinski definition) is 2. The summed E-state index contributed by atoms with van der Waals surface area (Å²) in [7, 11) is 0. The number of rotatable bonds is 4. The SMILES string of the molecule is Cc1cc(Br)cc(C)c1NCc1ccn(C2CCCC2)n1. The first-order chi connectivity index (χ1) is 10.1. The van der Waals surface area contributed by atoms with E-state index >= 15 is 0 Å². The van der Waals surface area contributed by atoms with Crippen molar-refractivity contribution in [2.24, 2.45) is 0 Å². The summed E-state index contributed by atoms with van der Waals surface area (Å²) >= 11 is 3.54. The molecule has 1 N–H and O–H groups in total. The normalized spacial score (nSPS) is 15.6. The molecule has 0 bridgehead atoms. The molecule has 3 rings (SSSR count). The van der Waals surface area contributed by atoms with Gasteiger partial charge in [0.1, 0.15) is 0 Å². The number of anilines is 1. The molecule has 2 aromatic rings. The third-order valence-corrected chi connectivity index (χ3v) is 4.76. The summed E-state index contributed by atoms with van der Waals surface area (Å²) in [6.45, 7) is 5.05. The third-order valence-electron chi connectivity index (χ3n) is 4.31. The zero-order valence-electron chi connectivity index (χ0n) is 12.7. The highest BCUT2D eigenvalue weighted by Gasteiger charge is 2.17. The molecule has 112 valence electrons. The molecule has 1 heterocycles. The molecular formula is C17H22BrN3. The predicted octanol–water partition coefficient (Wildman–Crippen LogP) is 4.99. The highest BCUT2D eigenvalue weighted by Crippen LogP contribution is 2.29. The van der Waals surface area contributed by atoms with Gasteiger partial charge in [-0.15, -0.1) is 0 Å². The molecule has 1 aliphatic carbocycles. The zero-order chi connectivity index (χ0) is 14.8. The van der Waals surface area contributed by atoms with E-state index in [1.807, 2.05) is 0 Å². The number of aromatic nitrogens is 2. The number of nitrogens with zero attached hydrogens (tertiary/aromatic N) is 2. The van der Waals surface area contributed by atoms with Crippen molar-refractivity contribution < 1.29 is 0 Å². The number of halogens is 1. The molecule has 0 saturated heterocycles. The van der Waals surface area contributed by atoms with Gasteiger partial charge in [0.05, 0.1) is 18.3 Å². The minimum atomic E-state index is 0.620. The fraction of sp³-hybridized carbons (Fsp3) is 0.471. The van der Waals surface area contributed by atoms with Crippen LogP contribution in [0.4, 0.5) is 5.69 Å². The Bertz CT molecular complexity index is 604. The molecule has 0 atom stereocenters. The summed E-state index contributed by atoms with van der Waals surface area (Å²) in [6, 6.07) is 7.04. The summed E-state index contributed by atoms with van der Waals surface area (Å²) in [5, 5.41) is 8.26. The van der Waals surface area contributed by atoms with Gasteiger partial charge in [-0.1, -0.05) is 28.8 Å². The fourth-order valence-corrected chi connectivity index (χ4v) is 3.90. The summed E-state index contributed by atoms with van der Waals surface area (Å²) < 4.78 is 3.29. The monoisotopic (exact) mass is 347 g/mol. The van der Waals surface area contributed by atoms with E-state index < -0.39 is 0 Å². The predicted molar refractivity (Wildman–Crippen MR) is 90.7 cm³/mol. The first-order valence-electron chi connectivity index (χ1n) is 7.68. The Morgan fingerprint density at radius 2 is 1.90 bits per heavy atom. The topological polar surface area (TPSA) is 29.9 Å². The van der Waals surface area contributed by atoms with Gasteiger partial charge in [0.25, 0.3) is 0 Å². The lowest BCUT2D eigenvalue weighted by Crippen LogP contribution is -2.08. The maximum Gasteiger partial charge on any atom is 0.0815 e. The van der Waals surface area contributed by atoms with Crippen molar-refractivity contribution in [3.63, 3.8) is 0 Å². The lowest BCUT2D eigenvalue weighted by atomic mass is 10.1. The van der Waals surface area contributed by atoms with Gasteiger partial charge in [-0.2, -0.15) is 5.10 Å². The molecule has 0 aliphatic heterocycles. The van der Waals surface area contributed by atoms with Crippen molar-refractivity contribution in [2.45, 2.75) is 52.1 Å². The molecule has 1 aliphatic rings. The van der Waals surface area contributed by atoms with Crippen LogP contribution in [0.15, 0.2) is 28.9 Å². The molecule has 0 radical (unpaired) electrons. The van der Waals surface area contributed by atoms with Gasteiger partial charge >= 0.3 is 0 Å². The molecule has 0 unspecified atom stereocenters. The largest absolute Gasteiger partial charge is 0.379 e. The lowest BCUT2D eigenvalue weighted by Gasteiger charge is -2.13. The van der Waals surface area contributed by atoms with Crippen LogP contribution in [-0.4, -0.2) is 9.78 Å². The Labute approximate surface area is 134 Å². The van der Waals surface area contributed by atoms with Crippen LogP contribution in [0, 0.1) is 13.8 Å². The molecule has 4 heteroatoms. The Hall–Kier alpha value is -1.29. The van der Waals surface area contributed by atoms with Crippen molar-refractivity contribution in [2.75, 3.05) is 5.32 Å². The average Bonchev–Trinajstić information content (AvgIpc) is 3.08. The minimum absolute atomic E-state index is 0.620. The summed E-state index contributed by atoms with van der Waals surface area (Å²) in [4.78, 5) is 0. The minimum Gasteiger partial charge on any atom is -0.379 e. The second-order valence-corrected chi connectivity index (χ2v) is 6.91. The van der Waals surface area contributed by atoms with E-state index in [1.54, 1.807) is 0 Å². The van der Waals surface area contributed by atoms with Crippen LogP contribution < -0.4 is 5.32 Å². The average molecular weight is 348 g/mol. The van der Waals surface area contributed by atoms with Gasteiger partial charge in [-0.3, -0.25) is 4.68 Å². The number of benzene rings is 1. The van der Waals surface area contributed by atoms with Gasteiger partial charge < -0.3 is 5.32 Å². The molecule has 21 heavy (non-hydrogen) atoms. The zero-order valence-corrected chi connectivity index (χ0v) is 14.3. The molecule has 1 fully saturated rings. The molecule has 0 spiro atoms. The highest BCUT2D eigenvalue weighted by atomic mass is 79.9. The molecular weight excluding hydrogens is 326 g/mol. The number of aryl methyl sites for hydroxylation is 2. The highest BCUT2D eigenvalue weighted by molar-refractivity contribution is 9.10. The quantitative estimate of drug-likeness (QED) is 0.844. The molecule has 1 aromatic heterocycles. The van der Waals surface area contributed by atoms with Gasteiger partial charge in [0, 0.05) is 16.4 Å². The van der Waals surface area contributed by atoms with Crippen molar-refractivity contribution in [1.82, 2.24) is 9.78 Å². The van der Waals surface area contributed by atoms with Crippen LogP contribution >= 0.6 is 15.9 Å². The molecule has 3 nitrogen and oxygen atoms in total. The van der Waals surface area contributed by atoms with Crippen LogP contribution in [0.25, 0.3) is 0 Å². The van der Waals surface area contributed by atoms with Crippen LogP contribution in [0.5, 0.6) is 0 Å². The van der Waals surface area contributed by atoms with E-state index in [4.69, 9.17) is 5.10 Å². The third kappa shape index (κ3) is 3.31. The summed E-state index contributed by atoms with van der Waals surface area (Å²) in [5.74, 6) is 0. The smallest absolute Gasteiger partial charge is 0.0815 e. The summed E-state index contributed by atoms with van der Waals surface area (Å²) in [5.41, 5.74) is 4.85. The molecule has 1 saturated carbocycles. The Morgan fingerprint density at radius 1 is 1.24 bits per heavy atom. The van der Waals surface area contributed by atoms with E-state index in [0.29, 0.717) is 6.04 Å². The Balaban J connectivity index is 1.68. The second kappa shape index (κ2) is 6.22. The fourth-order valence-electron chi connectivity index (χ4n) is 3.21. The first kappa shape index (κ1) is 14.6. The van der Waals surface area contributed by atoms with Gasteiger partial charge in [-0.05, 0) is 56.0 Å². The van der Waals surface area contributed by atoms with Gasteiger partial charge in [0.15, 0.2) is 0 Å². The standard InChI is InChI=1S/C17H22BrN3/c1-12-9-14(18)10-13(2)17(12)19-11-15-7-8-21(20-15)16-5-3-4-6-16/h7-10,16,19H,3-6,11H2,1-2H3. The van der Waals surface area contributed by atoms with E-state index in [2.05, 4.69) is 64.2 Å². The van der Waals surface area contributed by atoms with Crippen LogP contribution in [0.2, 0.25) is 0 Å². The summed E-state index contributed by atoms with van der Waals surface area (Å²) in [6.07, 6.45) is 7.37. The maximum absolute atomic E-state index is 4.73. The van der Waals surface area contributed by atoms with Crippen LogP contribution in [0.3, 0.4) is 0 Å². The Kier molecular flexibility index (Phi) is 4.34. The van der Waals surface area contributed by atoms with Crippen molar-refractivity contribution in [3.05, 3.63) is 45.7 Å². The van der Waals surface area contributed by atoms with E-state index in [9.17, 15) is 0 Å². The van der Waals surface area contributed by atoms with Crippen molar-refractivity contribution in [1.29, 1.82) is 0 Å². The number of hydrogen-bond donors (Lipinski definition) is 1. The van der Waals surface area contributed by atoms with Gasteiger partial charge in [0.2, 0.25) is 0 Å². The van der Waals surface area contributed by atoms with E-state index in [0.717, 1.165) is 16.7 Å². The lowest BCUT2D eigenvalue weighted by molar-refractivity contribution is 0.463. The van der Waals surface area contributed by atoms with E-state index in [1.165, 1.54) is 42.5 Å². The van der Waals surface area contributed by atoms with Crippen molar-refractivity contribution in [3.8, 4) is 0 Å². The first-order valence-corrected chi connectivity index (χ1v) is 8.47. The van der Waals surface area contributed by atoms with Crippen LogP contribution in [-0.2, 0) is 6.54 Å². The van der Waals surface area contributed by atoms with Crippen LogP contribution in [0.1, 0.15) is 48.5 Å². The maximum atomic E-state index is 4.73.